The van der Waals surface area contributed by atoms with Gasteiger partial charge in [-0.25, -0.2) is 13.2 Å². The van der Waals surface area contributed by atoms with E-state index in [0.717, 1.165) is 9.87 Å². The third-order valence-corrected chi connectivity index (χ3v) is 6.07. The fraction of sp³-hybridized carbons (Fsp3) is 0.278. The van der Waals surface area contributed by atoms with E-state index >= 15 is 0 Å². The van der Waals surface area contributed by atoms with Gasteiger partial charge < -0.3 is 5.11 Å². The van der Waals surface area contributed by atoms with E-state index in [1.807, 2.05) is 19.1 Å². The average molecular weight is 382 g/mol. The summed E-state index contributed by atoms with van der Waals surface area (Å²) in [6, 6.07) is 8.08. The predicted molar refractivity (Wildman–Crippen MR) is 98.9 cm³/mol. The largest absolute Gasteiger partial charge is 0.480 e. The molecular formula is C18H20ClNO4S. The monoisotopic (exact) mass is 381 g/mol. The molecule has 0 saturated heterocycles. The molecule has 0 aliphatic rings. The first-order chi connectivity index (χ1) is 11.6. The van der Waals surface area contributed by atoms with Gasteiger partial charge in [0.2, 0.25) is 0 Å². The number of halogens is 1. The van der Waals surface area contributed by atoms with Crippen LogP contribution in [0.3, 0.4) is 0 Å². The number of aryl methyl sites for hydroxylation is 3. The summed E-state index contributed by atoms with van der Waals surface area (Å²) >= 11 is 5.84. The highest BCUT2D eigenvalue weighted by Gasteiger charge is 2.35. The third-order valence-electron chi connectivity index (χ3n) is 3.94. The molecule has 134 valence electrons. The van der Waals surface area contributed by atoms with Crippen LogP contribution in [0.25, 0.3) is 0 Å². The van der Waals surface area contributed by atoms with Gasteiger partial charge in [-0.15, -0.1) is 0 Å². The third kappa shape index (κ3) is 3.80. The zero-order valence-electron chi connectivity index (χ0n) is 14.4. The Balaban J connectivity index is 2.74. The molecule has 1 N–H and O–H groups in total. The average Bonchev–Trinajstić information content (AvgIpc) is 2.50. The second-order valence-corrected chi connectivity index (χ2v) is 8.27. The first-order valence-electron chi connectivity index (χ1n) is 7.66. The number of rotatable bonds is 5. The quantitative estimate of drug-likeness (QED) is 0.851. The van der Waals surface area contributed by atoms with Crippen LogP contribution in [0.1, 0.15) is 23.6 Å². The molecule has 25 heavy (non-hydrogen) atoms. The van der Waals surface area contributed by atoms with Crippen molar-refractivity contribution in [1.29, 1.82) is 0 Å². The van der Waals surface area contributed by atoms with Crippen molar-refractivity contribution in [1.82, 2.24) is 0 Å². The molecule has 2 aromatic carbocycles. The number of carbonyl (C=O) groups is 1. The Hall–Kier alpha value is -2.05. The number of anilines is 1. The Morgan fingerprint density at radius 2 is 1.56 bits per heavy atom. The number of sulfonamides is 1. The zero-order valence-corrected chi connectivity index (χ0v) is 16.0. The van der Waals surface area contributed by atoms with Crippen LogP contribution < -0.4 is 4.31 Å². The Bertz CT molecular complexity index is 884. The summed E-state index contributed by atoms with van der Waals surface area (Å²) in [5.74, 6) is -1.23. The van der Waals surface area contributed by atoms with Crippen LogP contribution in [-0.4, -0.2) is 25.5 Å². The smallest absolute Gasteiger partial charge is 0.327 e. The van der Waals surface area contributed by atoms with Crippen LogP contribution in [0.5, 0.6) is 0 Å². The highest BCUT2D eigenvalue weighted by atomic mass is 35.5. The van der Waals surface area contributed by atoms with E-state index in [2.05, 4.69) is 0 Å². The van der Waals surface area contributed by atoms with E-state index in [1.54, 1.807) is 13.8 Å². The normalized spacial score (nSPS) is 12.7. The highest BCUT2D eigenvalue weighted by Crippen LogP contribution is 2.33. The number of aliphatic carboxylic acids is 1. The molecule has 0 fully saturated rings. The Labute approximate surface area is 152 Å². The summed E-state index contributed by atoms with van der Waals surface area (Å²) < 4.78 is 27.4. The van der Waals surface area contributed by atoms with Gasteiger partial charge in [0.15, 0.2) is 0 Å². The van der Waals surface area contributed by atoms with Crippen molar-refractivity contribution < 1.29 is 18.3 Å². The van der Waals surface area contributed by atoms with Crippen molar-refractivity contribution in [2.45, 2.75) is 38.6 Å². The van der Waals surface area contributed by atoms with Crippen molar-refractivity contribution >= 4 is 33.3 Å². The Kier molecular flexibility index (Phi) is 5.44. The van der Waals surface area contributed by atoms with E-state index in [0.29, 0.717) is 21.8 Å². The second-order valence-electron chi connectivity index (χ2n) is 6.02. The minimum absolute atomic E-state index is 0.00984. The molecule has 0 aromatic heterocycles. The fourth-order valence-corrected chi connectivity index (χ4v) is 4.73. The molecule has 0 spiro atoms. The highest BCUT2D eigenvalue weighted by molar-refractivity contribution is 7.93. The molecule has 0 heterocycles. The van der Waals surface area contributed by atoms with Gasteiger partial charge in [0.25, 0.3) is 10.0 Å². The Morgan fingerprint density at radius 1 is 1.08 bits per heavy atom. The predicted octanol–water partition coefficient (Wildman–Crippen LogP) is 3.93. The van der Waals surface area contributed by atoms with Crippen LogP contribution in [0.15, 0.2) is 41.3 Å². The minimum atomic E-state index is -4.08. The van der Waals surface area contributed by atoms with Gasteiger partial charge in [0.05, 0.1) is 10.6 Å². The minimum Gasteiger partial charge on any atom is -0.480 e. The van der Waals surface area contributed by atoms with E-state index in [-0.39, 0.29) is 4.90 Å². The van der Waals surface area contributed by atoms with Crippen LogP contribution >= 0.6 is 11.6 Å². The fourth-order valence-electron chi connectivity index (χ4n) is 2.86. The van der Waals surface area contributed by atoms with Gasteiger partial charge in [-0.05, 0) is 63.1 Å². The molecule has 1 unspecified atom stereocenters. The van der Waals surface area contributed by atoms with Crippen molar-refractivity contribution in [3.63, 3.8) is 0 Å². The molecule has 0 saturated carbocycles. The van der Waals surface area contributed by atoms with Crippen LogP contribution in [-0.2, 0) is 14.8 Å². The second kappa shape index (κ2) is 7.06. The number of carboxylic acid groups (broad SMARTS) is 1. The summed E-state index contributed by atoms with van der Waals surface area (Å²) in [6.45, 7) is 6.81. The number of hydrogen-bond donors (Lipinski definition) is 1. The van der Waals surface area contributed by atoms with Gasteiger partial charge in [-0.1, -0.05) is 29.3 Å². The first kappa shape index (κ1) is 19.3. The lowest BCUT2D eigenvalue weighted by atomic mass is 10.0. The summed E-state index contributed by atoms with van der Waals surface area (Å²) in [5.41, 5.74) is 2.76. The molecule has 0 bridgehead atoms. The first-order valence-corrected chi connectivity index (χ1v) is 9.48. The maximum atomic E-state index is 13.2. The molecule has 1 atom stereocenters. The van der Waals surface area contributed by atoms with E-state index in [1.165, 1.54) is 31.2 Å². The van der Waals surface area contributed by atoms with Gasteiger partial charge >= 0.3 is 5.97 Å². The lowest BCUT2D eigenvalue weighted by Crippen LogP contribution is -2.44. The summed E-state index contributed by atoms with van der Waals surface area (Å²) in [4.78, 5) is 11.6. The number of benzene rings is 2. The SMILES string of the molecule is Cc1cc(C)c(N(C(C)C(=O)O)S(=O)(=O)c2ccc(Cl)cc2)c(C)c1. The number of carboxylic acids is 1. The van der Waals surface area contributed by atoms with Gasteiger partial charge in [-0.3, -0.25) is 4.31 Å². The van der Waals surface area contributed by atoms with Crippen molar-refractivity contribution in [3.8, 4) is 0 Å². The van der Waals surface area contributed by atoms with Gasteiger partial charge in [0, 0.05) is 5.02 Å². The summed E-state index contributed by atoms with van der Waals surface area (Å²) in [7, 11) is -4.08. The Morgan fingerprint density at radius 3 is 2.00 bits per heavy atom. The topological polar surface area (TPSA) is 74.7 Å². The number of hydrogen-bond acceptors (Lipinski definition) is 3. The van der Waals surface area contributed by atoms with E-state index < -0.39 is 22.0 Å². The zero-order chi connectivity index (χ0) is 18.9. The summed E-state index contributed by atoms with van der Waals surface area (Å²) in [6.07, 6.45) is 0. The molecule has 0 aliphatic heterocycles. The van der Waals surface area contributed by atoms with Crippen LogP contribution in [0.4, 0.5) is 5.69 Å². The van der Waals surface area contributed by atoms with Gasteiger partial charge in [0.1, 0.15) is 6.04 Å². The standard InChI is InChI=1S/C18H20ClNO4S/c1-11-9-12(2)17(13(3)10-11)20(14(4)18(21)22)25(23,24)16-7-5-15(19)6-8-16/h5-10,14H,1-4H3,(H,21,22). The van der Waals surface area contributed by atoms with Crippen molar-refractivity contribution in [2.24, 2.45) is 0 Å². The van der Waals surface area contributed by atoms with Crippen molar-refractivity contribution in [3.05, 3.63) is 58.1 Å². The maximum absolute atomic E-state index is 13.2. The lowest BCUT2D eigenvalue weighted by molar-refractivity contribution is -0.137. The molecule has 7 heteroatoms. The van der Waals surface area contributed by atoms with Crippen molar-refractivity contribution in [2.75, 3.05) is 4.31 Å². The molecule has 2 rings (SSSR count). The van der Waals surface area contributed by atoms with E-state index in [9.17, 15) is 18.3 Å². The van der Waals surface area contributed by atoms with Crippen LogP contribution in [0.2, 0.25) is 5.02 Å². The van der Waals surface area contributed by atoms with Gasteiger partial charge in [-0.2, -0.15) is 0 Å². The van der Waals surface area contributed by atoms with E-state index in [4.69, 9.17) is 11.6 Å². The maximum Gasteiger partial charge on any atom is 0.327 e. The molecule has 0 radical (unpaired) electrons. The lowest BCUT2D eigenvalue weighted by Gasteiger charge is -2.31. The van der Waals surface area contributed by atoms with Crippen LogP contribution in [0, 0.1) is 20.8 Å². The number of nitrogens with zero attached hydrogens (tertiary/aromatic N) is 1. The molecule has 0 amide bonds. The molecule has 5 nitrogen and oxygen atoms in total. The molecule has 0 aliphatic carbocycles. The summed E-state index contributed by atoms with van der Waals surface area (Å²) in [5, 5.41) is 9.88. The molecular weight excluding hydrogens is 362 g/mol. The molecule has 2 aromatic rings.